The summed E-state index contributed by atoms with van der Waals surface area (Å²) in [6.07, 6.45) is 0. The van der Waals surface area contributed by atoms with E-state index in [1.165, 1.54) is 0 Å². The number of nitrogens with zero attached hydrogens (tertiary/aromatic N) is 3. The number of nitrogens with two attached hydrogens (primary N) is 1. The SMILES string of the molecule is NNc1cccc(N2CCN(c3ccccc3Cl)CC2)n1. The first-order valence-electron chi connectivity index (χ1n) is 6.96. The van der Waals surface area contributed by atoms with E-state index in [1.807, 2.05) is 36.4 Å². The minimum Gasteiger partial charge on any atom is -0.367 e. The maximum atomic E-state index is 6.26. The van der Waals surface area contributed by atoms with Crippen LogP contribution in [0, 0.1) is 0 Å². The van der Waals surface area contributed by atoms with Gasteiger partial charge in [0.1, 0.15) is 11.6 Å². The van der Waals surface area contributed by atoms with Crippen molar-refractivity contribution in [3.63, 3.8) is 0 Å². The second kappa shape index (κ2) is 6.20. The summed E-state index contributed by atoms with van der Waals surface area (Å²) in [6.45, 7) is 3.66. The second-order valence-corrected chi connectivity index (χ2v) is 5.36. The van der Waals surface area contributed by atoms with Crippen molar-refractivity contribution < 1.29 is 0 Å². The van der Waals surface area contributed by atoms with Crippen molar-refractivity contribution in [1.82, 2.24) is 4.98 Å². The number of hydrazine groups is 1. The summed E-state index contributed by atoms with van der Waals surface area (Å²) in [5.74, 6) is 7.04. The Morgan fingerprint density at radius 1 is 0.952 bits per heavy atom. The van der Waals surface area contributed by atoms with Crippen LogP contribution in [0.15, 0.2) is 42.5 Å². The lowest BCUT2D eigenvalue weighted by Crippen LogP contribution is -2.47. The first-order chi connectivity index (χ1) is 10.3. The summed E-state index contributed by atoms with van der Waals surface area (Å²) in [6, 6.07) is 13.8. The number of hydrogen-bond donors (Lipinski definition) is 2. The molecule has 5 nitrogen and oxygen atoms in total. The molecular formula is C15H18ClN5. The van der Waals surface area contributed by atoms with Crippen molar-refractivity contribution >= 4 is 28.9 Å². The molecule has 110 valence electrons. The van der Waals surface area contributed by atoms with Gasteiger partial charge in [-0.15, -0.1) is 0 Å². The van der Waals surface area contributed by atoms with Gasteiger partial charge in [-0.2, -0.15) is 0 Å². The third-order valence-electron chi connectivity index (χ3n) is 3.68. The van der Waals surface area contributed by atoms with Crippen LogP contribution in [0.4, 0.5) is 17.3 Å². The molecule has 0 atom stereocenters. The summed E-state index contributed by atoms with van der Waals surface area (Å²) < 4.78 is 0. The summed E-state index contributed by atoms with van der Waals surface area (Å²) >= 11 is 6.26. The molecule has 0 amide bonds. The number of hydrogen-bond acceptors (Lipinski definition) is 5. The average Bonchev–Trinajstić information content (AvgIpc) is 2.56. The Morgan fingerprint density at radius 2 is 1.67 bits per heavy atom. The standard InChI is InChI=1S/C15H18ClN5/c16-12-4-1-2-5-13(12)20-8-10-21(11-9-20)15-7-3-6-14(18-15)19-17/h1-7H,8-11,17H2,(H,18,19). The van der Waals surface area contributed by atoms with E-state index in [1.54, 1.807) is 0 Å². The van der Waals surface area contributed by atoms with Crippen LogP contribution in [0.3, 0.4) is 0 Å². The predicted octanol–water partition coefficient (Wildman–Crippen LogP) is 2.35. The Bertz CT molecular complexity index is 611. The fraction of sp³-hybridized carbons (Fsp3) is 0.267. The van der Waals surface area contributed by atoms with Crippen LogP contribution in [0.25, 0.3) is 0 Å². The van der Waals surface area contributed by atoms with Crippen molar-refractivity contribution in [2.24, 2.45) is 5.84 Å². The van der Waals surface area contributed by atoms with Gasteiger partial charge in [0, 0.05) is 26.2 Å². The minimum absolute atomic E-state index is 0.682. The number of para-hydroxylation sites is 1. The number of rotatable bonds is 3. The zero-order chi connectivity index (χ0) is 14.7. The lowest BCUT2D eigenvalue weighted by Gasteiger charge is -2.37. The van der Waals surface area contributed by atoms with Gasteiger partial charge in [-0.3, -0.25) is 0 Å². The molecule has 1 saturated heterocycles. The highest BCUT2D eigenvalue weighted by atomic mass is 35.5. The lowest BCUT2D eigenvalue weighted by atomic mass is 10.2. The van der Waals surface area contributed by atoms with Crippen LogP contribution < -0.4 is 21.1 Å². The van der Waals surface area contributed by atoms with Crippen LogP contribution in [0.5, 0.6) is 0 Å². The van der Waals surface area contributed by atoms with Crippen LogP contribution in [-0.4, -0.2) is 31.2 Å². The number of pyridine rings is 1. The lowest BCUT2D eigenvalue weighted by molar-refractivity contribution is 0.648. The maximum absolute atomic E-state index is 6.26. The van der Waals surface area contributed by atoms with E-state index in [0.717, 1.165) is 42.7 Å². The summed E-state index contributed by atoms with van der Waals surface area (Å²) in [4.78, 5) is 9.04. The molecule has 1 aromatic heterocycles. The Balaban J connectivity index is 1.69. The summed E-state index contributed by atoms with van der Waals surface area (Å²) in [7, 11) is 0. The molecule has 0 aliphatic carbocycles. The molecule has 1 fully saturated rings. The van der Waals surface area contributed by atoms with Crippen molar-refractivity contribution in [2.75, 3.05) is 41.4 Å². The molecule has 21 heavy (non-hydrogen) atoms. The van der Waals surface area contributed by atoms with Gasteiger partial charge < -0.3 is 15.2 Å². The van der Waals surface area contributed by atoms with Crippen LogP contribution in [0.1, 0.15) is 0 Å². The Kier molecular flexibility index (Phi) is 4.13. The number of halogens is 1. The molecule has 6 heteroatoms. The van der Waals surface area contributed by atoms with Crippen LogP contribution in [0.2, 0.25) is 5.02 Å². The fourth-order valence-electron chi connectivity index (χ4n) is 2.56. The smallest absolute Gasteiger partial charge is 0.142 e. The molecule has 0 spiro atoms. The monoisotopic (exact) mass is 303 g/mol. The van der Waals surface area contributed by atoms with Gasteiger partial charge in [-0.25, -0.2) is 10.8 Å². The molecule has 0 saturated carbocycles. The van der Waals surface area contributed by atoms with Gasteiger partial charge in [-0.1, -0.05) is 29.8 Å². The largest absolute Gasteiger partial charge is 0.367 e. The van der Waals surface area contributed by atoms with Crippen molar-refractivity contribution in [3.05, 3.63) is 47.5 Å². The number of benzene rings is 1. The zero-order valence-electron chi connectivity index (χ0n) is 11.7. The molecule has 2 aromatic rings. The van der Waals surface area contributed by atoms with Crippen molar-refractivity contribution in [2.45, 2.75) is 0 Å². The molecule has 0 radical (unpaired) electrons. The van der Waals surface area contributed by atoms with Gasteiger partial charge in [0.25, 0.3) is 0 Å². The highest BCUT2D eigenvalue weighted by Crippen LogP contribution is 2.27. The normalized spacial score (nSPS) is 15.1. The predicted molar refractivity (Wildman–Crippen MR) is 87.9 cm³/mol. The van der Waals surface area contributed by atoms with E-state index in [-0.39, 0.29) is 0 Å². The zero-order valence-corrected chi connectivity index (χ0v) is 12.4. The van der Waals surface area contributed by atoms with E-state index in [4.69, 9.17) is 17.4 Å². The summed E-state index contributed by atoms with van der Waals surface area (Å²) in [5, 5.41) is 0.804. The minimum atomic E-state index is 0.682. The van der Waals surface area contributed by atoms with Gasteiger partial charge >= 0.3 is 0 Å². The third kappa shape index (κ3) is 3.04. The van der Waals surface area contributed by atoms with E-state index in [9.17, 15) is 0 Å². The molecule has 1 aliphatic heterocycles. The molecule has 3 N–H and O–H groups in total. The van der Waals surface area contributed by atoms with Crippen molar-refractivity contribution in [3.8, 4) is 0 Å². The Labute approximate surface area is 129 Å². The fourth-order valence-corrected chi connectivity index (χ4v) is 2.82. The molecule has 3 rings (SSSR count). The molecule has 0 bridgehead atoms. The summed E-state index contributed by atoms with van der Waals surface area (Å²) in [5.41, 5.74) is 3.68. The highest BCUT2D eigenvalue weighted by molar-refractivity contribution is 6.33. The van der Waals surface area contributed by atoms with Gasteiger partial charge in [0.15, 0.2) is 0 Å². The van der Waals surface area contributed by atoms with E-state index in [0.29, 0.717) is 5.82 Å². The third-order valence-corrected chi connectivity index (χ3v) is 4.00. The molecule has 1 aliphatic rings. The number of nitrogens with one attached hydrogen (secondary N) is 1. The molecular weight excluding hydrogens is 286 g/mol. The van der Waals surface area contributed by atoms with Crippen LogP contribution in [-0.2, 0) is 0 Å². The second-order valence-electron chi connectivity index (χ2n) is 4.95. The molecule has 1 aromatic carbocycles. The average molecular weight is 304 g/mol. The quantitative estimate of drug-likeness (QED) is 0.673. The first-order valence-corrected chi connectivity index (χ1v) is 7.34. The topological polar surface area (TPSA) is 57.4 Å². The maximum Gasteiger partial charge on any atom is 0.142 e. The van der Waals surface area contributed by atoms with Gasteiger partial charge in [-0.05, 0) is 24.3 Å². The van der Waals surface area contributed by atoms with E-state index >= 15 is 0 Å². The van der Waals surface area contributed by atoms with E-state index in [2.05, 4.69) is 26.3 Å². The number of piperazine rings is 1. The number of anilines is 3. The Hall–Kier alpha value is -1.98. The molecule has 2 heterocycles. The molecule has 0 unspecified atom stereocenters. The number of nitrogen functional groups attached to an aromatic ring is 1. The van der Waals surface area contributed by atoms with Crippen LogP contribution >= 0.6 is 11.6 Å². The Morgan fingerprint density at radius 3 is 2.38 bits per heavy atom. The number of aromatic nitrogens is 1. The van der Waals surface area contributed by atoms with Crippen molar-refractivity contribution in [1.29, 1.82) is 0 Å². The highest BCUT2D eigenvalue weighted by Gasteiger charge is 2.19. The van der Waals surface area contributed by atoms with Gasteiger partial charge in [0.05, 0.1) is 10.7 Å². The van der Waals surface area contributed by atoms with Gasteiger partial charge in [0.2, 0.25) is 0 Å². The first kappa shape index (κ1) is 14.0. The van der Waals surface area contributed by atoms with E-state index < -0.39 is 0 Å².